The molecule has 0 fully saturated rings. The standard InChI is InChI=1S/C14H10Cl2N2O2S/c1-9-2-3-10(8-17)6-14(9)21(19,20)18-13-7-11(15)4-5-12(13)16/h2-7,18H,1H3. The largest absolute Gasteiger partial charge is 0.278 e. The number of hydrogen-bond donors (Lipinski definition) is 1. The Bertz CT molecular complexity index is 843. The van der Waals surface area contributed by atoms with Gasteiger partial charge in [-0.05, 0) is 42.8 Å². The predicted molar refractivity (Wildman–Crippen MR) is 83.2 cm³/mol. The van der Waals surface area contributed by atoms with E-state index >= 15 is 0 Å². The number of anilines is 1. The third-order valence-corrected chi connectivity index (χ3v) is 4.85. The molecule has 4 nitrogen and oxygen atoms in total. The SMILES string of the molecule is Cc1ccc(C#N)cc1S(=O)(=O)Nc1cc(Cl)ccc1Cl. The molecule has 0 aromatic heterocycles. The van der Waals surface area contributed by atoms with E-state index in [2.05, 4.69) is 4.72 Å². The summed E-state index contributed by atoms with van der Waals surface area (Å²) in [7, 11) is -3.86. The van der Waals surface area contributed by atoms with Crippen LogP contribution >= 0.6 is 23.2 Å². The number of nitrogens with zero attached hydrogens (tertiary/aromatic N) is 1. The second-order valence-corrected chi connectivity index (χ2v) is 6.82. The first kappa shape index (κ1) is 15.6. The molecule has 0 aliphatic rings. The van der Waals surface area contributed by atoms with E-state index in [0.717, 1.165) is 0 Å². The number of nitrogens with one attached hydrogen (secondary N) is 1. The lowest BCUT2D eigenvalue weighted by molar-refractivity contribution is 0.600. The molecule has 0 saturated heterocycles. The molecule has 0 aliphatic heterocycles. The molecular weight excluding hydrogens is 331 g/mol. The first-order valence-electron chi connectivity index (χ1n) is 5.82. The summed E-state index contributed by atoms with van der Waals surface area (Å²) in [6.07, 6.45) is 0. The lowest BCUT2D eigenvalue weighted by atomic mass is 10.2. The molecule has 21 heavy (non-hydrogen) atoms. The Morgan fingerprint density at radius 2 is 1.86 bits per heavy atom. The fraction of sp³-hybridized carbons (Fsp3) is 0.0714. The molecule has 2 aromatic rings. The zero-order chi connectivity index (χ0) is 15.6. The van der Waals surface area contributed by atoms with E-state index in [9.17, 15) is 8.42 Å². The molecule has 0 heterocycles. The van der Waals surface area contributed by atoms with Gasteiger partial charge in [0.15, 0.2) is 0 Å². The summed E-state index contributed by atoms with van der Waals surface area (Å²) in [5, 5.41) is 9.48. The number of halogens is 2. The summed E-state index contributed by atoms with van der Waals surface area (Å²) in [6.45, 7) is 1.65. The fourth-order valence-corrected chi connectivity index (χ4v) is 3.47. The van der Waals surface area contributed by atoms with Crippen LogP contribution in [0.5, 0.6) is 0 Å². The fourth-order valence-electron chi connectivity index (χ4n) is 1.73. The zero-order valence-electron chi connectivity index (χ0n) is 10.9. The minimum atomic E-state index is -3.86. The van der Waals surface area contributed by atoms with Gasteiger partial charge < -0.3 is 0 Å². The maximum Gasteiger partial charge on any atom is 0.262 e. The van der Waals surface area contributed by atoms with Crippen molar-refractivity contribution in [3.8, 4) is 6.07 Å². The minimum Gasteiger partial charge on any atom is -0.278 e. The van der Waals surface area contributed by atoms with Gasteiger partial charge in [-0.2, -0.15) is 5.26 Å². The average molecular weight is 341 g/mol. The van der Waals surface area contributed by atoms with Gasteiger partial charge in [-0.1, -0.05) is 29.3 Å². The van der Waals surface area contributed by atoms with E-state index in [4.69, 9.17) is 28.5 Å². The van der Waals surface area contributed by atoms with Crippen molar-refractivity contribution < 1.29 is 8.42 Å². The van der Waals surface area contributed by atoms with Gasteiger partial charge in [-0.25, -0.2) is 8.42 Å². The van der Waals surface area contributed by atoms with Crippen molar-refractivity contribution in [1.29, 1.82) is 5.26 Å². The highest BCUT2D eigenvalue weighted by Crippen LogP contribution is 2.28. The van der Waals surface area contributed by atoms with Crippen molar-refractivity contribution in [2.45, 2.75) is 11.8 Å². The topological polar surface area (TPSA) is 70.0 Å². The van der Waals surface area contributed by atoms with Crippen LogP contribution in [0.15, 0.2) is 41.3 Å². The molecule has 0 spiro atoms. The molecule has 0 bridgehead atoms. The van der Waals surface area contributed by atoms with Crippen LogP contribution in [-0.2, 0) is 10.0 Å². The highest BCUT2D eigenvalue weighted by molar-refractivity contribution is 7.92. The second-order valence-electron chi connectivity index (χ2n) is 4.32. The molecule has 0 atom stereocenters. The maximum absolute atomic E-state index is 12.4. The Morgan fingerprint density at radius 1 is 1.14 bits per heavy atom. The number of sulfonamides is 1. The second kappa shape index (κ2) is 5.94. The van der Waals surface area contributed by atoms with Gasteiger partial charge in [0.1, 0.15) is 0 Å². The Balaban J connectivity index is 2.48. The maximum atomic E-state index is 12.4. The Kier molecular flexibility index (Phi) is 4.43. The van der Waals surface area contributed by atoms with E-state index in [1.807, 2.05) is 6.07 Å². The summed E-state index contributed by atoms with van der Waals surface area (Å²) in [4.78, 5) is 0.0255. The van der Waals surface area contributed by atoms with E-state index in [0.29, 0.717) is 10.6 Å². The van der Waals surface area contributed by atoms with Gasteiger partial charge in [-0.3, -0.25) is 4.72 Å². The molecule has 108 valence electrons. The van der Waals surface area contributed by atoms with Crippen molar-refractivity contribution in [2.75, 3.05) is 4.72 Å². The van der Waals surface area contributed by atoms with Gasteiger partial charge in [0.05, 0.1) is 27.2 Å². The van der Waals surface area contributed by atoms with E-state index in [1.165, 1.54) is 18.2 Å². The van der Waals surface area contributed by atoms with Gasteiger partial charge in [0, 0.05) is 5.02 Å². The van der Waals surface area contributed by atoms with Gasteiger partial charge in [0.25, 0.3) is 10.0 Å². The lowest BCUT2D eigenvalue weighted by Gasteiger charge is -2.12. The molecule has 7 heteroatoms. The first-order valence-corrected chi connectivity index (χ1v) is 8.06. The predicted octanol–water partition coefficient (Wildman–Crippen LogP) is 3.97. The summed E-state index contributed by atoms with van der Waals surface area (Å²) in [5.74, 6) is 0. The third kappa shape index (κ3) is 3.48. The van der Waals surface area contributed by atoms with E-state index < -0.39 is 10.0 Å². The highest BCUT2D eigenvalue weighted by Gasteiger charge is 2.19. The normalized spacial score (nSPS) is 11.0. The number of aryl methyl sites for hydroxylation is 1. The van der Waals surface area contributed by atoms with Crippen LogP contribution in [-0.4, -0.2) is 8.42 Å². The van der Waals surface area contributed by atoms with Crippen LogP contribution in [0.2, 0.25) is 10.0 Å². The number of nitriles is 1. The Labute approximate surface area is 133 Å². The highest BCUT2D eigenvalue weighted by atomic mass is 35.5. The quantitative estimate of drug-likeness (QED) is 0.918. The lowest BCUT2D eigenvalue weighted by Crippen LogP contribution is -2.14. The van der Waals surface area contributed by atoms with Crippen LogP contribution in [0.25, 0.3) is 0 Å². The van der Waals surface area contributed by atoms with Gasteiger partial charge in [-0.15, -0.1) is 0 Å². The van der Waals surface area contributed by atoms with Gasteiger partial charge in [0.2, 0.25) is 0 Å². The molecule has 2 rings (SSSR count). The molecule has 0 aliphatic carbocycles. The molecule has 2 aromatic carbocycles. The zero-order valence-corrected chi connectivity index (χ0v) is 13.2. The number of hydrogen-bond acceptors (Lipinski definition) is 3. The van der Waals surface area contributed by atoms with Crippen LogP contribution in [0.4, 0.5) is 5.69 Å². The smallest absolute Gasteiger partial charge is 0.262 e. The molecule has 0 amide bonds. The van der Waals surface area contributed by atoms with Crippen molar-refractivity contribution in [1.82, 2.24) is 0 Å². The first-order chi connectivity index (χ1) is 9.83. The third-order valence-electron chi connectivity index (χ3n) is 2.78. The van der Waals surface area contributed by atoms with Crippen LogP contribution < -0.4 is 4.72 Å². The molecule has 0 radical (unpaired) electrons. The number of rotatable bonds is 3. The van der Waals surface area contributed by atoms with E-state index in [1.54, 1.807) is 25.1 Å². The summed E-state index contributed by atoms with van der Waals surface area (Å²) in [5.41, 5.74) is 0.976. The average Bonchev–Trinajstić information content (AvgIpc) is 2.43. The van der Waals surface area contributed by atoms with E-state index in [-0.39, 0.29) is 21.2 Å². The van der Waals surface area contributed by atoms with Crippen molar-refractivity contribution in [2.24, 2.45) is 0 Å². The molecular formula is C14H10Cl2N2O2S. The minimum absolute atomic E-state index is 0.0255. The van der Waals surface area contributed by atoms with Crippen molar-refractivity contribution in [3.05, 3.63) is 57.6 Å². The Morgan fingerprint density at radius 3 is 2.52 bits per heavy atom. The molecule has 1 N–H and O–H groups in total. The molecule has 0 unspecified atom stereocenters. The van der Waals surface area contributed by atoms with Crippen molar-refractivity contribution >= 4 is 38.9 Å². The van der Waals surface area contributed by atoms with Crippen LogP contribution in [0.1, 0.15) is 11.1 Å². The summed E-state index contributed by atoms with van der Waals surface area (Å²) >= 11 is 11.8. The van der Waals surface area contributed by atoms with Crippen LogP contribution in [0, 0.1) is 18.3 Å². The van der Waals surface area contributed by atoms with Crippen molar-refractivity contribution in [3.63, 3.8) is 0 Å². The Hall–Kier alpha value is -1.74. The monoisotopic (exact) mass is 340 g/mol. The number of benzene rings is 2. The van der Waals surface area contributed by atoms with Gasteiger partial charge >= 0.3 is 0 Å². The summed E-state index contributed by atoms with van der Waals surface area (Å²) in [6, 6.07) is 10.8. The summed E-state index contributed by atoms with van der Waals surface area (Å²) < 4.78 is 27.2. The van der Waals surface area contributed by atoms with Crippen LogP contribution in [0.3, 0.4) is 0 Å². The molecule has 0 saturated carbocycles.